The van der Waals surface area contributed by atoms with Crippen LogP contribution in [0.3, 0.4) is 0 Å². The molecular weight excluding hydrogens is 364 g/mol. The van der Waals surface area contributed by atoms with E-state index < -0.39 is 10.8 Å². The van der Waals surface area contributed by atoms with E-state index in [9.17, 15) is 20.0 Å². The molecule has 150 valence electrons. The summed E-state index contributed by atoms with van der Waals surface area (Å²) < 4.78 is 1.25. The van der Waals surface area contributed by atoms with Gasteiger partial charge in [-0.2, -0.15) is 10.2 Å². The summed E-state index contributed by atoms with van der Waals surface area (Å²) in [6.45, 7) is 8.67. The maximum atomic E-state index is 12.2. The number of aryl methyl sites for hydroxylation is 1. The Morgan fingerprint density at radius 2 is 2.04 bits per heavy atom. The molecule has 2 N–H and O–H groups in total. The van der Waals surface area contributed by atoms with Gasteiger partial charge in [-0.1, -0.05) is 5.75 Å². The van der Waals surface area contributed by atoms with Gasteiger partial charge in [-0.3, -0.25) is 19.6 Å². The fourth-order valence-corrected chi connectivity index (χ4v) is 2.97. The molecule has 0 fully saturated rings. The first-order valence-corrected chi connectivity index (χ1v) is 8.94. The first kappa shape index (κ1) is 21.0. The van der Waals surface area contributed by atoms with Gasteiger partial charge in [0.2, 0.25) is 0 Å². The predicted octanol–water partition coefficient (Wildman–Crippen LogP) is 0.188. The van der Waals surface area contributed by atoms with E-state index in [-0.39, 0.29) is 29.4 Å². The van der Waals surface area contributed by atoms with Gasteiger partial charge >= 0.3 is 5.69 Å². The van der Waals surface area contributed by atoms with Crippen LogP contribution < -0.4 is 15.4 Å². The molecule has 0 saturated carbocycles. The van der Waals surface area contributed by atoms with Gasteiger partial charge in [-0.15, -0.1) is 0 Å². The van der Waals surface area contributed by atoms with Crippen molar-refractivity contribution in [2.45, 2.75) is 34.2 Å². The van der Waals surface area contributed by atoms with Crippen LogP contribution in [0.5, 0.6) is 5.75 Å². The van der Waals surface area contributed by atoms with Gasteiger partial charge < -0.3 is 10.0 Å². The Bertz CT molecular complexity index is 902. The summed E-state index contributed by atoms with van der Waals surface area (Å²) in [5, 5.41) is 31.0. The minimum Gasteiger partial charge on any atom is -0.872 e. The summed E-state index contributed by atoms with van der Waals surface area (Å²) in [7, 11) is 0. The van der Waals surface area contributed by atoms with Crippen molar-refractivity contribution in [3.8, 4) is 5.75 Å². The quantitative estimate of drug-likeness (QED) is 0.379. The summed E-state index contributed by atoms with van der Waals surface area (Å²) in [5.74, 6) is -0.683. The lowest BCUT2D eigenvalue weighted by molar-refractivity contribution is -0.828. The number of hydrazone groups is 1. The standard InChI is InChI=1S/C18H24N6O4/c1-5-22(6-2)15-8-7-14(16(25)9-15)10-19-20-17(26)11-23-13(4)18(24(27)28)12(3)21-23/h7-10,25H,5-6,11H2,1-4H3,(H,20,26)/b19-10+. The van der Waals surface area contributed by atoms with Crippen molar-refractivity contribution < 1.29 is 19.7 Å². The number of aromatic nitrogens is 2. The smallest absolute Gasteiger partial charge is 0.312 e. The topological polar surface area (TPSA) is 130 Å². The van der Waals surface area contributed by atoms with Crippen LogP contribution in [-0.4, -0.2) is 39.9 Å². The number of quaternary nitrogens is 1. The van der Waals surface area contributed by atoms with Crippen LogP contribution in [0, 0.1) is 24.0 Å². The van der Waals surface area contributed by atoms with Crippen molar-refractivity contribution in [3.05, 3.63) is 45.3 Å². The van der Waals surface area contributed by atoms with Crippen LogP contribution in [0.25, 0.3) is 0 Å². The van der Waals surface area contributed by atoms with Crippen LogP contribution in [0.2, 0.25) is 0 Å². The fourth-order valence-electron chi connectivity index (χ4n) is 2.97. The molecule has 0 aliphatic carbocycles. The molecule has 1 heterocycles. The van der Waals surface area contributed by atoms with Crippen molar-refractivity contribution in [1.29, 1.82) is 0 Å². The van der Waals surface area contributed by atoms with Crippen LogP contribution in [0.4, 0.5) is 11.4 Å². The molecule has 28 heavy (non-hydrogen) atoms. The second-order valence-corrected chi connectivity index (χ2v) is 6.29. The summed E-state index contributed by atoms with van der Waals surface area (Å²) in [4.78, 5) is 23.7. The van der Waals surface area contributed by atoms with Crippen molar-refractivity contribution in [2.24, 2.45) is 5.10 Å². The van der Waals surface area contributed by atoms with Gasteiger partial charge in [0.25, 0.3) is 5.91 Å². The van der Waals surface area contributed by atoms with E-state index in [2.05, 4.69) is 15.6 Å². The summed E-state index contributed by atoms with van der Waals surface area (Å²) in [6, 6.07) is 5.10. The number of nitro groups is 1. The number of carbonyl (C=O) groups is 1. The molecule has 10 heteroatoms. The van der Waals surface area contributed by atoms with Gasteiger partial charge in [0.1, 0.15) is 23.6 Å². The van der Waals surface area contributed by atoms with Gasteiger partial charge in [-0.25, -0.2) is 5.43 Å². The third kappa shape index (κ3) is 4.71. The van der Waals surface area contributed by atoms with Crippen molar-refractivity contribution in [1.82, 2.24) is 15.2 Å². The largest absolute Gasteiger partial charge is 0.872 e. The zero-order valence-corrected chi connectivity index (χ0v) is 16.4. The molecule has 0 radical (unpaired) electrons. The fraction of sp³-hybridized carbons (Fsp3) is 0.389. The highest BCUT2D eigenvalue weighted by Crippen LogP contribution is 2.21. The minimum absolute atomic E-state index is 0.109. The van der Waals surface area contributed by atoms with Crippen LogP contribution in [0.1, 0.15) is 30.8 Å². The highest BCUT2D eigenvalue weighted by molar-refractivity contribution is 5.85. The van der Waals surface area contributed by atoms with Crippen LogP contribution in [0.15, 0.2) is 23.3 Å². The van der Waals surface area contributed by atoms with E-state index in [0.717, 1.165) is 18.8 Å². The molecule has 0 bridgehead atoms. The Labute approximate surface area is 162 Å². The van der Waals surface area contributed by atoms with Crippen molar-refractivity contribution in [2.75, 3.05) is 13.1 Å². The second kappa shape index (κ2) is 9.09. The number of amides is 1. The van der Waals surface area contributed by atoms with Crippen molar-refractivity contribution >= 4 is 23.5 Å². The second-order valence-electron chi connectivity index (χ2n) is 6.29. The van der Waals surface area contributed by atoms with Crippen LogP contribution in [-0.2, 0) is 11.3 Å². The summed E-state index contributed by atoms with van der Waals surface area (Å²) >= 11 is 0. The van der Waals surface area contributed by atoms with Crippen LogP contribution >= 0.6 is 0 Å². The third-order valence-electron chi connectivity index (χ3n) is 4.49. The zero-order valence-electron chi connectivity index (χ0n) is 16.4. The predicted molar refractivity (Wildman–Crippen MR) is 102 cm³/mol. The van der Waals surface area contributed by atoms with E-state index in [0.29, 0.717) is 5.56 Å². The lowest BCUT2D eigenvalue weighted by atomic mass is 10.2. The Morgan fingerprint density at radius 3 is 2.57 bits per heavy atom. The highest BCUT2D eigenvalue weighted by Gasteiger charge is 2.22. The molecule has 0 saturated heterocycles. The van der Waals surface area contributed by atoms with Crippen molar-refractivity contribution in [3.63, 3.8) is 0 Å². The Morgan fingerprint density at radius 1 is 1.36 bits per heavy atom. The average molecular weight is 388 g/mol. The molecule has 1 aromatic heterocycles. The Kier molecular flexibility index (Phi) is 6.83. The lowest BCUT2D eigenvalue weighted by Crippen LogP contribution is -3.06. The molecule has 2 rings (SSSR count). The lowest BCUT2D eigenvalue weighted by Gasteiger charge is -2.18. The first-order valence-electron chi connectivity index (χ1n) is 8.94. The van der Waals surface area contributed by atoms with Gasteiger partial charge in [0, 0.05) is 0 Å². The SMILES string of the molecule is CC[NH+](CC)c1ccc(/C=N/NC(=O)Cn2nc(C)c([N+](=O)[O-])c2C)c([O-])c1. The zero-order chi connectivity index (χ0) is 20.8. The Hall–Kier alpha value is -3.27. The van der Waals surface area contributed by atoms with E-state index in [1.165, 1.54) is 29.6 Å². The summed E-state index contributed by atoms with van der Waals surface area (Å²) in [5.41, 5.74) is 4.01. The number of nitrogens with zero attached hydrogens (tertiary/aromatic N) is 4. The molecule has 2 aromatic rings. The number of hydrogen-bond donors (Lipinski definition) is 2. The normalized spacial score (nSPS) is 11.3. The monoisotopic (exact) mass is 388 g/mol. The van der Waals surface area contributed by atoms with E-state index in [1.54, 1.807) is 12.1 Å². The molecule has 0 atom stereocenters. The number of nitrogens with one attached hydrogen (secondary N) is 2. The summed E-state index contributed by atoms with van der Waals surface area (Å²) in [6.07, 6.45) is 1.28. The Balaban J connectivity index is 2.02. The molecule has 1 amide bonds. The molecular formula is C18H24N6O4. The van der Waals surface area contributed by atoms with E-state index >= 15 is 0 Å². The number of benzene rings is 1. The van der Waals surface area contributed by atoms with E-state index in [4.69, 9.17) is 0 Å². The van der Waals surface area contributed by atoms with Gasteiger partial charge in [-0.05, 0) is 51.5 Å². The molecule has 0 spiro atoms. The first-order chi connectivity index (χ1) is 13.3. The van der Waals surface area contributed by atoms with E-state index in [1.807, 2.05) is 19.9 Å². The molecule has 10 nitrogen and oxygen atoms in total. The molecule has 0 aliphatic rings. The third-order valence-corrected chi connectivity index (χ3v) is 4.49. The number of hydrogen-bond acceptors (Lipinski definition) is 6. The highest BCUT2D eigenvalue weighted by atomic mass is 16.6. The maximum absolute atomic E-state index is 12.2. The average Bonchev–Trinajstić information content (AvgIpc) is 2.91. The number of carbonyl (C=O) groups excluding carboxylic acids is 1. The number of rotatable bonds is 8. The molecule has 0 aliphatic heterocycles. The minimum atomic E-state index is -0.524. The molecule has 1 aromatic carbocycles. The molecule has 0 unspecified atom stereocenters. The van der Waals surface area contributed by atoms with Gasteiger partial charge in [0.15, 0.2) is 0 Å². The maximum Gasteiger partial charge on any atom is 0.312 e. The van der Waals surface area contributed by atoms with Gasteiger partial charge in [0.05, 0.1) is 24.2 Å².